The Morgan fingerprint density at radius 3 is 2.50 bits per heavy atom. The quantitative estimate of drug-likeness (QED) is 0.389. The summed E-state index contributed by atoms with van der Waals surface area (Å²) >= 11 is 1.68. The van der Waals surface area contributed by atoms with E-state index in [4.69, 9.17) is 4.42 Å². The molecule has 0 unspecified atom stereocenters. The molecule has 0 aliphatic rings. The summed E-state index contributed by atoms with van der Waals surface area (Å²) < 4.78 is 5.79. The Morgan fingerprint density at radius 2 is 1.61 bits per heavy atom. The molecule has 2 aromatic carbocycles. The van der Waals surface area contributed by atoms with Gasteiger partial charge in [0.2, 0.25) is 0 Å². The van der Waals surface area contributed by atoms with Crippen molar-refractivity contribution < 1.29 is 4.42 Å². The largest absolute Gasteiger partial charge is 0.460 e. The van der Waals surface area contributed by atoms with Gasteiger partial charge >= 0.3 is 0 Å². The number of fused-ring (bicyclic) bond motifs is 2. The highest BCUT2D eigenvalue weighted by molar-refractivity contribution is 7.13. The fourth-order valence-corrected chi connectivity index (χ4v) is 4.07. The van der Waals surface area contributed by atoms with E-state index in [9.17, 15) is 0 Å². The molecule has 0 atom stereocenters. The van der Waals surface area contributed by atoms with Gasteiger partial charge in [0.25, 0.3) is 0 Å². The summed E-state index contributed by atoms with van der Waals surface area (Å²) in [6.07, 6.45) is 1.76. The summed E-state index contributed by atoms with van der Waals surface area (Å²) in [5.41, 5.74) is 5.95. The van der Waals surface area contributed by atoms with Crippen LogP contribution in [0.3, 0.4) is 0 Å². The van der Waals surface area contributed by atoms with Gasteiger partial charge in [0, 0.05) is 5.56 Å². The lowest BCUT2D eigenvalue weighted by atomic mass is 10.1. The molecule has 0 saturated carbocycles. The van der Waals surface area contributed by atoms with Crippen LogP contribution in [0, 0.1) is 0 Å². The zero-order chi connectivity index (χ0) is 18.5. The Kier molecular flexibility index (Phi) is 3.27. The van der Waals surface area contributed by atoms with Gasteiger partial charge in [-0.1, -0.05) is 24.3 Å². The predicted octanol–water partition coefficient (Wildman–Crippen LogP) is 6.09. The third kappa shape index (κ3) is 2.46. The topological polar surface area (TPSA) is 70.5 Å². The summed E-state index contributed by atoms with van der Waals surface area (Å²) in [6, 6.07) is 20.3. The first kappa shape index (κ1) is 15.4. The lowest BCUT2D eigenvalue weighted by molar-refractivity contribution is 0.579. The van der Waals surface area contributed by atoms with Crippen LogP contribution in [-0.2, 0) is 0 Å². The van der Waals surface area contributed by atoms with Crippen molar-refractivity contribution in [1.82, 2.24) is 19.9 Å². The van der Waals surface area contributed by atoms with Gasteiger partial charge in [-0.3, -0.25) is 0 Å². The maximum Gasteiger partial charge on any atom is 0.174 e. The number of hydrogen-bond donors (Lipinski definition) is 2. The monoisotopic (exact) mass is 382 g/mol. The number of benzene rings is 2. The van der Waals surface area contributed by atoms with Crippen LogP contribution in [-0.4, -0.2) is 19.9 Å². The summed E-state index contributed by atoms with van der Waals surface area (Å²) in [4.78, 5) is 17.1. The maximum atomic E-state index is 5.79. The molecule has 134 valence electrons. The number of para-hydroxylation sites is 2. The number of furan rings is 1. The van der Waals surface area contributed by atoms with E-state index in [1.165, 1.54) is 0 Å². The molecule has 0 fully saturated rings. The summed E-state index contributed by atoms with van der Waals surface area (Å²) in [5, 5.41) is 2.05. The van der Waals surface area contributed by atoms with Crippen molar-refractivity contribution in [2.24, 2.45) is 0 Å². The molecule has 0 amide bonds. The van der Waals surface area contributed by atoms with E-state index >= 15 is 0 Å². The first-order chi connectivity index (χ1) is 13.8. The number of aromatic nitrogens is 4. The van der Waals surface area contributed by atoms with Gasteiger partial charge < -0.3 is 14.4 Å². The molecule has 2 N–H and O–H groups in total. The van der Waals surface area contributed by atoms with E-state index in [2.05, 4.69) is 43.5 Å². The van der Waals surface area contributed by atoms with E-state index in [1.807, 2.05) is 42.5 Å². The van der Waals surface area contributed by atoms with Gasteiger partial charge in [-0.2, -0.15) is 0 Å². The molecule has 0 bridgehead atoms. The van der Waals surface area contributed by atoms with Crippen molar-refractivity contribution in [3.8, 4) is 33.4 Å². The Hall–Kier alpha value is -3.64. The zero-order valence-corrected chi connectivity index (χ0v) is 15.5. The molecule has 28 heavy (non-hydrogen) atoms. The number of aromatic amines is 2. The van der Waals surface area contributed by atoms with E-state index in [0.29, 0.717) is 0 Å². The van der Waals surface area contributed by atoms with Gasteiger partial charge in [-0.25, -0.2) is 9.97 Å². The molecule has 0 aliphatic heterocycles. The number of imidazole rings is 2. The number of H-pyrrole nitrogens is 2. The Balaban J connectivity index is 1.38. The van der Waals surface area contributed by atoms with E-state index in [-0.39, 0.29) is 0 Å². The van der Waals surface area contributed by atoms with Crippen LogP contribution in [0.2, 0.25) is 0 Å². The lowest BCUT2D eigenvalue weighted by Crippen LogP contribution is -1.77. The summed E-state index contributed by atoms with van der Waals surface area (Å²) in [7, 11) is 0. The Bertz CT molecular complexity index is 1390. The minimum Gasteiger partial charge on any atom is -0.460 e. The third-order valence-electron chi connectivity index (χ3n) is 4.79. The Morgan fingerprint density at radius 1 is 0.750 bits per heavy atom. The number of nitrogens with zero attached hydrogens (tertiary/aromatic N) is 2. The zero-order valence-electron chi connectivity index (χ0n) is 14.6. The van der Waals surface area contributed by atoms with Gasteiger partial charge in [-0.05, 0) is 47.3 Å². The highest BCUT2D eigenvalue weighted by atomic mass is 32.1. The number of thiophene rings is 1. The van der Waals surface area contributed by atoms with Crippen molar-refractivity contribution >= 4 is 33.4 Å². The van der Waals surface area contributed by atoms with Crippen molar-refractivity contribution in [2.75, 3.05) is 0 Å². The molecule has 6 heteroatoms. The van der Waals surface area contributed by atoms with Crippen molar-refractivity contribution in [2.45, 2.75) is 0 Å². The van der Waals surface area contributed by atoms with Crippen LogP contribution in [0.4, 0.5) is 0 Å². The minimum atomic E-state index is 0.718. The van der Waals surface area contributed by atoms with E-state index < -0.39 is 0 Å². The molecular weight excluding hydrogens is 368 g/mol. The number of hydrogen-bond acceptors (Lipinski definition) is 4. The van der Waals surface area contributed by atoms with Gasteiger partial charge in [0.15, 0.2) is 11.6 Å². The van der Waals surface area contributed by atoms with Crippen LogP contribution in [0.5, 0.6) is 0 Å². The highest BCUT2D eigenvalue weighted by Crippen LogP contribution is 2.31. The second kappa shape index (κ2) is 5.94. The van der Waals surface area contributed by atoms with Gasteiger partial charge in [-0.15, -0.1) is 11.3 Å². The van der Waals surface area contributed by atoms with Crippen molar-refractivity contribution in [3.05, 3.63) is 72.3 Å². The first-order valence-corrected chi connectivity index (χ1v) is 9.79. The fraction of sp³-hybridized carbons (Fsp3) is 0. The van der Waals surface area contributed by atoms with Gasteiger partial charge in [0.1, 0.15) is 5.82 Å². The van der Waals surface area contributed by atoms with Crippen LogP contribution in [0.15, 0.2) is 76.7 Å². The molecule has 6 aromatic rings. The highest BCUT2D eigenvalue weighted by Gasteiger charge is 2.12. The van der Waals surface area contributed by atoms with Crippen LogP contribution >= 0.6 is 11.3 Å². The standard InChI is InChI=1S/C22H14N4OS/c1-2-5-16-15(4-1)23-21(24-16)19-11-14(12-27-19)13-7-8-17-18(10-13)26-22(25-17)20-6-3-9-28-20/h1-12H,(H,23,24)(H,25,26). The SMILES string of the molecule is c1csc(-c2nc3ccc(-c4coc(-c5nc6ccccc6[nH]5)c4)cc3[nH]2)c1. The molecule has 0 spiro atoms. The lowest BCUT2D eigenvalue weighted by Gasteiger charge is -1.96. The van der Waals surface area contributed by atoms with Crippen LogP contribution < -0.4 is 0 Å². The molecule has 6 rings (SSSR count). The summed E-state index contributed by atoms with van der Waals surface area (Å²) in [6.45, 7) is 0. The molecule has 0 aliphatic carbocycles. The second-order valence-corrected chi connectivity index (χ2v) is 7.54. The average molecular weight is 382 g/mol. The second-order valence-electron chi connectivity index (χ2n) is 6.60. The van der Waals surface area contributed by atoms with Gasteiger partial charge in [0.05, 0.1) is 33.2 Å². The number of rotatable bonds is 3. The molecule has 0 radical (unpaired) electrons. The van der Waals surface area contributed by atoms with Crippen LogP contribution in [0.25, 0.3) is 55.5 Å². The van der Waals surface area contributed by atoms with Crippen molar-refractivity contribution in [1.29, 1.82) is 0 Å². The van der Waals surface area contributed by atoms with E-state index in [1.54, 1.807) is 17.6 Å². The van der Waals surface area contributed by atoms with Crippen LogP contribution in [0.1, 0.15) is 0 Å². The molecule has 5 nitrogen and oxygen atoms in total. The first-order valence-electron chi connectivity index (χ1n) is 8.91. The summed E-state index contributed by atoms with van der Waals surface area (Å²) in [5.74, 6) is 2.35. The average Bonchev–Trinajstić information content (AvgIpc) is 3.52. The minimum absolute atomic E-state index is 0.718. The Labute approximate surface area is 163 Å². The molecule has 4 aromatic heterocycles. The molecular formula is C22H14N4OS. The van der Waals surface area contributed by atoms with Crippen molar-refractivity contribution in [3.63, 3.8) is 0 Å². The molecule has 4 heterocycles. The normalized spacial score (nSPS) is 11.6. The van der Waals surface area contributed by atoms with E-state index in [0.717, 1.165) is 55.5 Å². The third-order valence-corrected chi connectivity index (χ3v) is 5.67. The fourth-order valence-electron chi connectivity index (χ4n) is 3.40. The molecule has 0 saturated heterocycles. The maximum absolute atomic E-state index is 5.79. The number of nitrogens with one attached hydrogen (secondary N) is 2. The smallest absolute Gasteiger partial charge is 0.174 e. The predicted molar refractivity (Wildman–Crippen MR) is 112 cm³/mol.